The molecule has 0 saturated carbocycles. The molecule has 176 valence electrons. The highest BCUT2D eigenvalue weighted by molar-refractivity contribution is 6.36. The first-order valence-electron chi connectivity index (χ1n) is 9.84. The molecule has 0 radical (unpaired) electrons. The summed E-state index contributed by atoms with van der Waals surface area (Å²) >= 11 is 0. The fourth-order valence-electron chi connectivity index (χ4n) is 2.45. The van der Waals surface area contributed by atoms with E-state index in [1.807, 2.05) is 0 Å². The van der Waals surface area contributed by atoms with Crippen LogP contribution in [-0.4, -0.2) is 76.1 Å². The van der Waals surface area contributed by atoms with Crippen molar-refractivity contribution in [2.45, 2.75) is 63.5 Å². The zero-order valence-electron chi connectivity index (χ0n) is 17.1. The standard InChI is InChI=1S/C18H30N4O9/c19-9-3-1-6-13(23)15(26)21-11(16(27)28)5-2-4-10-20-18(31)22-12(17(29)30)7-8-14(24)25/h11-12H,1-10,19H2,(H,21,26)(H,24,25)(H,27,28)(H,29,30)(H2,20,22,31)/t11?,12-/m0/s1. The van der Waals surface area contributed by atoms with Crippen molar-refractivity contribution in [2.75, 3.05) is 13.1 Å². The van der Waals surface area contributed by atoms with E-state index in [2.05, 4.69) is 16.0 Å². The van der Waals surface area contributed by atoms with Crippen molar-refractivity contribution >= 4 is 35.6 Å². The van der Waals surface area contributed by atoms with E-state index in [9.17, 15) is 33.9 Å². The predicted molar refractivity (Wildman–Crippen MR) is 106 cm³/mol. The van der Waals surface area contributed by atoms with Crippen LogP contribution in [-0.2, 0) is 24.0 Å². The van der Waals surface area contributed by atoms with Crippen LogP contribution in [0.3, 0.4) is 0 Å². The van der Waals surface area contributed by atoms with E-state index in [0.29, 0.717) is 32.2 Å². The number of unbranched alkanes of at least 4 members (excludes halogenated alkanes) is 2. The summed E-state index contributed by atoms with van der Waals surface area (Å²) in [5, 5.41) is 33.4. The number of rotatable bonds is 17. The van der Waals surface area contributed by atoms with Gasteiger partial charge in [-0.25, -0.2) is 14.4 Å². The fourth-order valence-corrected chi connectivity index (χ4v) is 2.45. The Kier molecular flexibility index (Phi) is 14.0. The number of carboxylic acids is 3. The summed E-state index contributed by atoms with van der Waals surface area (Å²) in [6.45, 7) is 0.480. The minimum absolute atomic E-state index is 0.0157. The highest BCUT2D eigenvalue weighted by Crippen LogP contribution is 2.03. The smallest absolute Gasteiger partial charge is 0.326 e. The second-order valence-electron chi connectivity index (χ2n) is 6.75. The summed E-state index contributed by atoms with van der Waals surface area (Å²) in [5.74, 6) is -5.53. The number of nitrogens with two attached hydrogens (primary N) is 1. The Balaban J connectivity index is 4.27. The highest BCUT2D eigenvalue weighted by Gasteiger charge is 2.23. The molecule has 13 heteroatoms. The lowest BCUT2D eigenvalue weighted by Crippen LogP contribution is -2.46. The SMILES string of the molecule is NCCCCC(=O)C(=O)NC(CCCCNC(=O)N[C@@H](CCC(=O)O)C(=O)O)C(=O)O. The van der Waals surface area contributed by atoms with Gasteiger partial charge in [0.1, 0.15) is 12.1 Å². The number of Topliss-reactive ketones (excluding diaryl/α,β-unsaturated/α-hetero) is 1. The Morgan fingerprint density at radius 3 is 1.90 bits per heavy atom. The van der Waals surface area contributed by atoms with Gasteiger partial charge < -0.3 is 37.0 Å². The number of carboxylic acid groups (broad SMARTS) is 3. The number of aliphatic carboxylic acids is 3. The minimum Gasteiger partial charge on any atom is -0.481 e. The van der Waals surface area contributed by atoms with Crippen molar-refractivity contribution < 1.29 is 44.1 Å². The van der Waals surface area contributed by atoms with Gasteiger partial charge in [0.15, 0.2) is 0 Å². The van der Waals surface area contributed by atoms with Gasteiger partial charge in [-0.1, -0.05) is 0 Å². The molecule has 0 bridgehead atoms. The van der Waals surface area contributed by atoms with Crippen LogP contribution in [0.25, 0.3) is 0 Å². The van der Waals surface area contributed by atoms with Crippen molar-refractivity contribution in [3.05, 3.63) is 0 Å². The second-order valence-corrected chi connectivity index (χ2v) is 6.75. The van der Waals surface area contributed by atoms with E-state index in [4.69, 9.17) is 15.9 Å². The first kappa shape index (κ1) is 27.8. The zero-order valence-corrected chi connectivity index (χ0v) is 17.1. The molecule has 0 spiro atoms. The van der Waals surface area contributed by atoms with E-state index in [-0.39, 0.29) is 25.8 Å². The third kappa shape index (κ3) is 13.6. The maximum Gasteiger partial charge on any atom is 0.326 e. The lowest BCUT2D eigenvalue weighted by molar-refractivity contribution is -0.144. The molecule has 2 atom stereocenters. The summed E-state index contributed by atoms with van der Waals surface area (Å²) in [6.07, 6.45) is 0.944. The molecule has 0 aromatic rings. The Bertz CT molecular complexity index is 654. The van der Waals surface area contributed by atoms with Gasteiger partial charge in [-0.05, 0) is 45.1 Å². The highest BCUT2D eigenvalue weighted by atomic mass is 16.4. The van der Waals surface area contributed by atoms with Crippen molar-refractivity contribution in [3.8, 4) is 0 Å². The molecule has 0 aliphatic rings. The van der Waals surface area contributed by atoms with Crippen LogP contribution in [0.5, 0.6) is 0 Å². The Morgan fingerprint density at radius 1 is 0.742 bits per heavy atom. The molecule has 0 fully saturated rings. The van der Waals surface area contributed by atoms with Crippen molar-refractivity contribution in [1.82, 2.24) is 16.0 Å². The number of carbonyl (C=O) groups excluding carboxylic acids is 3. The van der Waals surface area contributed by atoms with Crippen LogP contribution in [0.4, 0.5) is 4.79 Å². The fraction of sp³-hybridized carbons (Fsp3) is 0.667. The molecule has 0 aromatic heterocycles. The van der Waals surface area contributed by atoms with Crippen LogP contribution >= 0.6 is 0 Å². The summed E-state index contributed by atoms with van der Waals surface area (Å²) in [5.41, 5.74) is 5.30. The Labute approximate surface area is 178 Å². The molecule has 0 aromatic carbocycles. The summed E-state index contributed by atoms with van der Waals surface area (Å²) in [4.78, 5) is 67.9. The molecule has 0 aliphatic carbocycles. The molecule has 1 unspecified atom stereocenters. The number of hydrogen-bond donors (Lipinski definition) is 7. The third-order valence-corrected chi connectivity index (χ3v) is 4.17. The number of amides is 3. The van der Waals surface area contributed by atoms with Gasteiger partial charge in [-0.15, -0.1) is 0 Å². The predicted octanol–water partition coefficient (Wildman–Crippen LogP) is -0.959. The van der Waals surface area contributed by atoms with Crippen molar-refractivity contribution in [2.24, 2.45) is 5.73 Å². The second kappa shape index (κ2) is 15.6. The van der Waals surface area contributed by atoms with E-state index in [1.54, 1.807) is 0 Å². The molecular weight excluding hydrogens is 416 g/mol. The van der Waals surface area contributed by atoms with Gasteiger partial charge in [0, 0.05) is 19.4 Å². The van der Waals surface area contributed by atoms with Crippen molar-refractivity contribution in [3.63, 3.8) is 0 Å². The van der Waals surface area contributed by atoms with Gasteiger partial charge in [-0.2, -0.15) is 0 Å². The van der Waals surface area contributed by atoms with Crippen LogP contribution in [0.1, 0.15) is 51.4 Å². The van der Waals surface area contributed by atoms with Gasteiger partial charge in [-0.3, -0.25) is 14.4 Å². The number of ketones is 1. The normalized spacial score (nSPS) is 12.3. The third-order valence-electron chi connectivity index (χ3n) is 4.17. The largest absolute Gasteiger partial charge is 0.481 e. The first-order chi connectivity index (χ1) is 14.6. The van der Waals surface area contributed by atoms with E-state index < -0.39 is 54.1 Å². The quantitative estimate of drug-likeness (QED) is 0.107. The van der Waals surface area contributed by atoms with Crippen LogP contribution in [0, 0.1) is 0 Å². The Hall–Kier alpha value is -3.22. The molecule has 0 saturated heterocycles. The van der Waals surface area contributed by atoms with Crippen LogP contribution in [0.2, 0.25) is 0 Å². The summed E-state index contributed by atoms with van der Waals surface area (Å²) in [7, 11) is 0. The number of urea groups is 1. The summed E-state index contributed by atoms with van der Waals surface area (Å²) in [6, 6.07) is -3.42. The van der Waals surface area contributed by atoms with E-state index in [1.165, 1.54) is 0 Å². The lowest BCUT2D eigenvalue weighted by Gasteiger charge is -2.15. The average Bonchev–Trinajstić information content (AvgIpc) is 2.69. The molecule has 31 heavy (non-hydrogen) atoms. The molecule has 0 rings (SSSR count). The van der Waals surface area contributed by atoms with Gasteiger partial charge in [0.2, 0.25) is 5.78 Å². The van der Waals surface area contributed by atoms with E-state index >= 15 is 0 Å². The summed E-state index contributed by atoms with van der Waals surface area (Å²) < 4.78 is 0. The van der Waals surface area contributed by atoms with Crippen LogP contribution < -0.4 is 21.7 Å². The molecular formula is C18H30N4O9. The molecule has 13 nitrogen and oxygen atoms in total. The molecule has 0 heterocycles. The minimum atomic E-state index is -1.37. The topological polar surface area (TPSA) is 225 Å². The average molecular weight is 446 g/mol. The first-order valence-corrected chi connectivity index (χ1v) is 9.84. The van der Waals surface area contributed by atoms with Gasteiger partial charge >= 0.3 is 23.9 Å². The van der Waals surface area contributed by atoms with E-state index in [0.717, 1.165) is 0 Å². The molecule has 0 aliphatic heterocycles. The van der Waals surface area contributed by atoms with Gasteiger partial charge in [0.05, 0.1) is 0 Å². The van der Waals surface area contributed by atoms with Crippen LogP contribution in [0.15, 0.2) is 0 Å². The van der Waals surface area contributed by atoms with Crippen molar-refractivity contribution in [1.29, 1.82) is 0 Å². The molecule has 8 N–H and O–H groups in total. The monoisotopic (exact) mass is 446 g/mol. The van der Waals surface area contributed by atoms with Gasteiger partial charge in [0.25, 0.3) is 5.91 Å². The zero-order chi connectivity index (χ0) is 23.8. The maximum absolute atomic E-state index is 11.8. The molecule has 3 amide bonds. The maximum atomic E-state index is 11.8. The number of carbonyl (C=O) groups is 6. The Morgan fingerprint density at radius 2 is 1.35 bits per heavy atom. The lowest BCUT2D eigenvalue weighted by atomic mass is 10.1. The number of hydrogen-bond acceptors (Lipinski definition) is 7. The number of nitrogens with one attached hydrogen (secondary N) is 3.